The Morgan fingerprint density at radius 2 is 1.59 bits per heavy atom. The van der Waals surface area contributed by atoms with Gasteiger partial charge in [-0.1, -0.05) is 15.9 Å². The Morgan fingerprint density at radius 1 is 0.941 bits per heavy atom. The minimum atomic E-state index is 0.815. The summed E-state index contributed by atoms with van der Waals surface area (Å²) in [6, 6.07) is 6.17. The van der Waals surface area contributed by atoms with Gasteiger partial charge < -0.3 is 5.32 Å². The molecule has 0 fully saturated rings. The average Bonchev–Trinajstić information content (AvgIpc) is 2.62. The summed E-state index contributed by atoms with van der Waals surface area (Å²) in [6.45, 7) is 0.815. The molecule has 0 saturated heterocycles. The van der Waals surface area contributed by atoms with Crippen molar-refractivity contribution in [1.82, 2.24) is 0 Å². The zero-order chi connectivity index (χ0) is 12.4. The lowest BCUT2D eigenvalue weighted by Crippen LogP contribution is -1.99. The summed E-state index contributed by atoms with van der Waals surface area (Å²) in [5.74, 6) is 0. The fourth-order valence-corrected chi connectivity index (χ4v) is 5.26. The molecule has 2 rings (SSSR count). The van der Waals surface area contributed by atoms with E-state index in [-0.39, 0.29) is 0 Å². The van der Waals surface area contributed by atoms with Gasteiger partial charge in [0.15, 0.2) is 0 Å². The molecule has 0 atom stereocenters. The zero-order valence-electron chi connectivity index (χ0n) is 8.44. The summed E-state index contributed by atoms with van der Waals surface area (Å²) in [4.78, 5) is 1.29. The monoisotopic (exact) mass is 501 g/mol. The number of nitrogens with one attached hydrogen (secondary N) is 1. The van der Waals surface area contributed by atoms with E-state index in [0.717, 1.165) is 30.1 Å². The molecule has 0 aliphatic rings. The second kappa shape index (κ2) is 6.19. The zero-order valence-corrected chi connectivity index (χ0v) is 15.6. The van der Waals surface area contributed by atoms with Gasteiger partial charge in [0.2, 0.25) is 0 Å². The molecule has 1 aromatic carbocycles. The van der Waals surface area contributed by atoms with Gasteiger partial charge in [0.05, 0.1) is 5.69 Å². The van der Waals surface area contributed by atoms with E-state index < -0.39 is 0 Å². The van der Waals surface area contributed by atoms with Gasteiger partial charge in [0.25, 0.3) is 0 Å². The SMILES string of the molecule is Brc1csc(CNc2c(Br)cc(Br)cc2Br)c1. The van der Waals surface area contributed by atoms with E-state index >= 15 is 0 Å². The fourth-order valence-electron chi connectivity index (χ4n) is 1.33. The van der Waals surface area contributed by atoms with Crippen molar-refractivity contribution < 1.29 is 0 Å². The molecule has 0 aliphatic heterocycles. The van der Waals surface area contributed by atoms with Crippen LogP contribution in [-0.4, -0.2) is 0 Å². The van der Waals surface area contributed by atoms with Crippen molar-refractivity contribution in [3.63, 3.8) is 0 Å². The highest BCUT2D eigenvalue weighted by Crippen LogP contribution is 2.35. The normalized spacial score (nSPS) is 10.6. The van der Waals surface area contributed by atoms with Crippen molar-refractivity contribution in [1.29, 1.82) is 0 Å². The predicted molar refractivity (Wildman–Crippen MR) is 88.9 cm³/mol. The average molecular weight is 505 g/mol. The minimum Gasteiger partial charge on any atom is -0.378 e. The lowest BCUT2D eigenvalue weighted by atomic mass is 10.3. The Kier molecular flexibility index (Phi) is 5.12. The van der Waals surface area contributed by atoms with Gasteiger partial charge in [0.1, 0.15) is 0 Å². The topological polar surface area (TPSA) is 12.0 Å². The number of benzene rings is 1. The third kappa shape index (κ3) is 3.80. The van der Waals surface area contributed by atoms with Crippen LogP contribution in [0.4, 0.5) is 5.69 Å². The molecule has 90 valence electrons. The molecular weight excluding hydrogens is 498 g/mol. The van der Waals surface area contributed by atoms with E-state index in [1.165, 1.54) is 4.88 Å². The number of halogens is 4. The van der Waals surface area contributed by atoms with Gasteiger partial charge >= 0.3 is 0 Å². The van der Waals surface area contributed by atoms with Crippen LogP contribution in [-0.2, 0) is 6.54 Å². The van der Waals surface area contributed by atoms with Crippen LogP contribution in [0.2, 0.25) is 0 Å². The Morgan fingerprint density at radius 3 is 2.12 bits per heavy atom. The van der Waals surface area contributed by atoms with Crippen LogP contribution in [0.15, 0.2) is 41.5 Å². The molecule has 0 bridgehead atoms. The van der Waals surface area contributed by atoms with Gasteiger partial charge in [-0.25, -0.2) is 0 Å². The quantitative estimate of drug-likeness (QED) is 0.509. The van der Waals surface area contributed by atoms with Crippen molar-refractivity contribution in [3.05, 3.63) is 46.3 Å². The maximum absolute atomic E-state index is 3.55. The van der Waals surface area contributed by atoms with Gasteiger partial charge in [-0.05, 0) is 66.0 Å². The van der Waals surface area contributed by atoms with Crippen LogP contribution in [0.5, 0.6) is 0 Å². The molecule has 0 spiro atoms. The molecule has 6 heteroatoms. The molecule has 1 aromatic heterocycles. The fraction of sp³-hybridized carbons (Fsp3) is 0.0909. The molecule has 0 amide bonds. The van der Waals surface area contributed by atoms with Gasteiger partial charge in [-0.2, -0.15) is 0 Å². The molecular formula is C11H7Br4NS. The van der Waals surface area contributed by atoms with Gasteiger partial charge in [-0.3, -0.25) is 0 Å². The number of hydrogen-bond donors (Lipinski definition) is 1. The smallest absolute Gasteiger partial charge is 0.0632 e. The molecule has 2 aromatic rings. The second-order valence-corrected chi connectivity index (χ2v) is 7.87. The lowest BCUT2D eigenvalue weighted by Gasteiger charge is -2.10. The van der Waals surface area contributed by atoms with Crippen molar-refractivity contribution in [3.8, 4) is 0 Å². The standard InChI is InChI=1S/C11H7Br4NS/c12-6-2-9(14)11(10(15)3-6)16-4-8-1-7(13)5-17-8/h1-3,5,16H,4H2. The first-order chi connectivity index (χ1) is 8.06. The molecule has 1 nitrogen and oxygen atoms in total. The lowest BCUT2D eigenvalue weighted by molar-refractivity contribution is 1.18. The van der Waals surface area contributed by atoms with Gasteiger partial charge in [-0.15, -0.1) is 11.3 Å². The Balaban J connectivity index is 2.14. The molecule has 0 radical (unpaired) electrons. The Bertz CT molecular complexity index is 515. The molecule has 1 heterocycles. The molecule has 0 unspecified atom stereocenters. The van der Waals surface area contributed by atoms with E-state index in [4.69, 9.17) is 0 Å². The van der Waals surface area contributed by atoms with Crippen LogP contribution in [0.3, 0.4) is 0 Å². The summed E-state index contributed by atoms with van der Waals surface area (Å²) in [5.41, 5.74) is 1.07. The van der Waals surface area contributed by atoms with Crippen molar-refractivity contribution >= 4 is 80.7 Å². The van der Waals surface area contributed by atoms with Gasteiger partial charge in [0, 0.05) is 34.7 Å². The summed E-state index contributed by atoms with van der Waals surface area (Å²) >= 11 is 15.7. The van der Waals surface area contributed by atoms with E-state index in [1.807, 2.05) is 12.1 Å². The summed E-state index contributed by atoms with van der Waals surface area (Å²) in [6.07, 6.45) is 0. The largest absolute Gasteiger partial charge is 0.378 e. The first-order valence-electron chi connectivity index (χ1n) is 4.67. The minimum absolute atomic E-state index is 0.815. The highest BCUT2D eigenvalue weighted by atomic mass is 79.9. The molecule has 0 saturated carbocycles. The predicted octanol–water partition coefficient (Wildman–Crippen LogP) is 6.41. The van der Waals surface area contributed by atoms with Crippen molar-refractivity contribution in [2.75, 3.05) is 5.32 Å². The molecule has 17 heavy (non-hydrogen) atoms. The number of anilines is 1. The van der Waals surface area contributed by atoms with Crippen LogP contribution < -0.4 is 5.32 Å². The van der Waals surface area contributed by atoms with Crippen molar-refractivity contribution in [2.24, 2.45) is 0 Å². The summed E-state index contributed by atoms with van der Waals surface area (Å²) < 4.78 is 4.25. The maximum Gasteiger partial charge on any atom is 0.0632 e. The number of hydrogen-bond acceptors (Lipinski definition) is 2. The summed E-state index contributed by atoms with van der Waals surface area (Å²) in [7, 11) is 0. The molecule has 1 N–H and O–H groups in total. The Hall–Kier alpha value is 0.640. The van der Waals surface area contributed by atoms with Crippen molar-refractivity contribution in [2.45, 2.75) is 6.54 Å². The van der Waals surface area contributed by atoms with E-state index in [9.17, 15) is 0 Å². The van der Waals surface area contributed by atoms with E-state index in [2.05, 4.69) is 80.5 Å². The second-order valence-electron chi connectivity index (χ2n) is 3.33. The Labute approximate surface area is 138 Å². The van der Waals surface area contributed by atoms with E-state index in [0.29, 0.717) is 0 Å². The third-order valence-electron chi connectivity index (χ3n) is 2.07. The number of rotatable bonds is 3. The van der Waals surface area contributed by atoms with E-state index in [1.54, 1.807) is 11.3 Å². The summed E-state index contributed by atoms with van der Waals surface area (Å²) in [5, 5.41) is 5.50. The first kappa shape index (κ1) is 14.1. The highest BCUT2D eigenvalue weighted by Gasteiger charge is 2.07. The highest BCUT2D eigenvalue weighted by molar-refractivity contribution is 9.11. The maximum atomic E-state index is 3.55. The van der Waals surface area contributed by atoms with Crippen LogP contribution in [0, 0.1) is 0 Å². The number of thiophene rings is 1. The first-order valence-corrected chi connectivity index (χ1v) is 8.73. The third-order valence-corrected chi connectivity index (χ3v) is 5.47. The van der Waals surface area contributed by atoms with Crippen LogP contribution in [0.1, 0.15) is 4.88 Å². The molecule has 0 aliphatic carbocycles. The van der Waals surface area contributed by atoms with Crippen LogP contribution >= 0.6 is 75.1 Å². The van der Waals surface area contributed by atoms with Crippen LogP contribution in [0.25, 0.3) is 0 Å².